The van der Waals surface area contributed by atoms with Crippen molar-refractivity contribution in [3.63, 3.8) is 0 Å². The molecule has 1 amide bonds. The molecule has 1 fully saturated rings. The maximum atomic E-state index is 12.4. The SMILES string of the molecule is Cc1cc2cc(C=O)ccc2c(Oc2ccc(/C=C/C(=O)N3CCCCC3)cc2)c1-c1ccccc1. The van der Waals surface area contributed by atoms with Crippen LogP contribution in [0.15, 0.2) is 84.9 Å². The minimum absolute atomic E-state index is 0.0726. The Hall–Kier alpha value is -4.18. The molecule has 5 rings (SSSR count). The first-order chi connectivity index (χ1) is 17.6. The zero-order valence-electron chi connectivity index (χ0n) is 20.4. The maximum Gasteiger partial charge on any atom is 0.246 e. The van der Waals surface area contributed by atoms with E-state index in [-0.39, 0.29) is 5.91 Å². The van der Waals surface area contributed by atoms with Crippen molar-refractivity contribution < 1.29 is 14.3 Å². The number of carbonyl (C=O) groups is 2. The number of likely N-dealkylation sites (tertiary alicyclic amines) is 1. The highest BCUT2D eigenvalue weighted by Gasteiger charge is 2.16. The van der Waals surface area contributed by atoms with Crippen LogP contribution in [-0.4, -0.2) is 30.2 Å². The molecule has 1 aliphatic rings. The molecule has 0 atom stereocenters. The summed E-state index contributed by atoms with van der Waals surface area (Å²) in [7, 11) is 0. The van der Waals surface area contributed by atoms with Gasteiger partial charge in [0.15, 0.2) is 0 Å². The number of carbonyl (C=O) groups excluding carboxylic acids is 2. The van der Waals surface area contributed by atoms with Gasteiger partial charge in [-0.15, -0.1) is 0 Å². The molecule has 0 spiro atoms. The first kappa shape index (κ1) is 23.6. The molecule has 0 aromatic heterocycles. The molecule has 36 heavy (non-hydrogen) atoms. The summed E-state index contributed by atoms with van der Waals surface area (Å²) >= 11 is 0. The lowest BCUT2D eigenvalue weighted by Crippen LogP contribution is -2.34. The van der Waals surface area contributed by atoms with E-state index in [9.17, 15) is 9.59 Å². The minimum atomic E-state index is 0.0726. The molecule has 1 aliphatic heterocycles. The number of amides is 1. The number of ether oxygens (including phenoxy) is 1. The number of aldehydes is 1. The number of aryl methyl sites for hydroxylation is 1. The second-order valence-corrected chi connectivity index (χ2v) is 9.25. The van der Waals surface area contributed by atoms with Gasteiger partial charge in [0.1, 0.15) is 17.8 Å². The van der Waals surface area contributed by atoms with Crippen LogP contribution in [0.3, 0.4) is 0 Å². The predicted molar refractivity (Wildman–Crippen MR) is 145 cm³/mol. The molecule has 0 aliphatic carbocycles. The van der Waals surface area contributed by atoms with Crippen molar-refractivity contribution in [1.82, 2.24) is 4.90 Å². The average Bonchev–Trinajstić information content (AvgIpc) is 2.93. The number of hydrogen-bond acceptors (Lipinski definition) is 3. The van der Waals surface area contributed by atoms with Gasteiger partial charge in [-0.05, 0) is 78.6 Å². The van der Waals surface area contributed by atoms with Gasteiger partial charge in [0.25, 0.3) is 0 Å². The molecule has 0 saturated carbocycles. The Morgan fingerprint density at radius 2 is 1.58 bits per heavy atom. The summed E-state index contributed by atoms with van der Waals surface area (Å²) in [4.78, 5) is 25.7. The van der Waals surface area contributed by atoms with E-state index >= 15 is 0 Å². The van der Waals surface area contributed by atoms with Crippen molar-refractivity contribution in [2.45, 2.75) is 26.2 Å². The van der Waals surface area contributed by atoms with E-state index in [1.807, 2.05) is 71.6 Å². The lowest BCUT2D eigenvalue weighted by atomic mass is 9.94. The van der Waals surface area contributed by atoms with Crippen molar-refractivity contribution in [3.8, 4) is 22.6 Å². The van der Waals surface area contributed by atoms with Crippen molar-refractivity contribution in [2.75, 3.05) is 13.1 Å². The van der Waals surface area contributed by atoms with Gasteiger partial charge in [-0.2, -0.15) is 0 Å². The number of nitrogens with zero attached hydrogens (tertiary/aromatic N) is 1. The summed E-state index contributed by atoms with van der Waals surface area (Å²) in [5.41, 5.74) is 4.75. The van der Waals surface area contributed by atoms with E-state index in [0.717, 1.165) is 71.0 Å². The third-order valence-corrected chi connectivity index (χ3v) is 6.70. The quantitative estimate of drug-likeness (QED) is 0.215. The van der Waals surface area contributed by atoms with Gasteiger partial charge >= 0.3 is 0 Å². The molecule has 0 N–H and O–H groups in total. The fourth-order valence-corrected chi connectivity index (χ4v) is 4.82. The first-order valence-electron chi connectivity index (χ1n) is 12.5. The van der Waals surface area contributed by atoms with Gasteiger partial charge in [-0.25, -0.2) is 0 Å². The summed E-state index contributed by atoms with van der Waals surface area (Å²) in [5, 5.41) is 1.91. The lowest BCUT2D eigenvalue weighted by molar-refractivity contribution is -0.126. The van der Waals surface area contributed by atoms with Crippen LogP contribution in [0.25, 0.3) is 28.0 Å². The minimum Gasteiger partial charge on any atom is -0.456 e. The van der Waals surface area contributed by atoms with Gasteiger partial charge in [-0.3, -0.25) is 9.59 Å². The second kappa shape index (κ2) is 10.6. The lowest BCUT2D eigenvalue weighted by Gasteiger charge is -2.25. The Bertz CT molecular complexity index is 1420. The normalized spacial score (nSPS) is 13.8. The van der Waals surface area contributed by atoms with Gasteiger partial charge < -0.3 is 9.64 Å². The highest BCUT2D eigenvalue weighted by atomic mass is 16.5. The number of hydrogen-bond donors (Lipinski definition) is 0. The van der Waals surface area contributed by atoms with Crippen LogP contribution >= 0.6 is 0 Å². The van der Waals surface area contributed by atoms with Crippen molar-refractivity contribution >= 4 is 29.0 Å². The zero-order valence-corrected chi connectivity index (χ0v) is 20.4. The summed E-state index contributed by atoms with van der Waals surface area (Å²) in [6.07, 6.45) is 7.76. The molecular weight excluding hydrogens is 446 g/mol. The predicted octanol–water partition coefficient (Wildman–Crippen LogP) is 7.45. The Kier molecular flexibility index (Phi) is 6.94. The summed E-state index contributed by atoms with van der Waals surface area (Å²) in [6.45, 7) is 3.76. The molecule has 180 valence electrons. The Labute approximate surface area is 211 Å². The van der Waals surface area contributed by atoms with Gasteiger partial charge in [-0.1, -0.05) is 54.6 Å². The third kappa shape index (κ3) is 5.08. The highest BCUT2D eigenvalue weighted by molar-refractivity contribution is 5.99. The molecular formula is C32H29NO3. The molecule has 4 heteroatoms. The van der Waals surface area contributed by atoms with E-state index in [1.54, 1.807) is 6.08 Å². The van der Waals surface area contributed by atoms with Crippen LogP contribution in [0, 0.1) is 6.92 Å². The highest BCUT2D eigenvalue weighted by Crippen LogP contribution is 2.42. The topological polar surface area (TPSA) is 46.6 Å². The number of piperidine rings is 1. The number of rotatable bonds is 6. The van der Waals surface area contributed by atoms with E-state index in [0.29, 0.717) is 11.3 Å². The summed E-state index contributed by atoms with van der Waals surface area (Å²) in [5.74, 6) is 1.54. The van der Waals surface area contributed by atoms with Crippen LogP contribution in [0.5, 0.6) is 11.5 Å². The van der Waals surface area contributed by atoms with E-state index in [1.165, 1.54) is 6.42 Å². The molecule has 0 bridgehead atoms. The van der Waals surface area contributed by atoms with Crippen LogP contribution in [-0.2, 0) is 4.79 Å². The van der Waals surface area contributed by atoms with Crippen LogP contribution < -0.4 is 4.74 Å². The number of benzene rings is 4. The van der Waals surface area contributed by atoms with Gasteiger partial charge in [0.05, 0.1) is 0 Å². The van der Waals surface area contributed by atoms with Crippen LogP contribution in [0.2, 0.25) is 0 Å². The maximum absolute atomic E-state index is 12.4. The van der Waals surface area contributed by atoms with Crippen LogP contribution in [0.1, 0.15) is 40.7 Å². The van der Waals surface area contributed by atoms with E-state index in [2.05, 4.69) is 25.1 Å². The third-order valence-electron chi connectivity index (χ3n) is 6.70. The monoisotopic (exact) mass is 475 g/mol. The smallest absolute Gasteiger partial charge is 0.246 e. The van der Waals surface area contributed by atoms with Crippen molar-refractivity contribution in [2.24, 2.45) is 0 Å². The second-order valence-electron chi connectivity index (χ2n) is 9.25. The molecule has 0 radical (unpaired) electrons. The summed E-state index contributed by atoms with van der Waals surface area (Å²) in [6, 6.07) is 25.7. The standard InChI is InChI=1S/C32H29NO3/c1-23-20-27-21-25(22-34)12-16-29(27)32(31(23)26-8-4-2-5-9-26)36-28-14-10-24(11-15-28)13-17-30(35)33-18-6-3-7-19-33/h2,4-5,8-17,20-22H,3,6-7,18-19H2,1H3/b17-13+. The van der Waals surface area contributed by atoms with E-state index < -0.39 is 0 Å². The van der Waals surface area contributed by atoms with Crippen molar-refractivity contribution in [3.05, 3.63) is 102 Å². The molecule has 4 nitrogen and oxygen atoms in total. The molecule has 1 saturated heterocycles. The summed E-state index contributed by atoms with van der Waals surface area (Å²) < 4.78 is 6.52. The molecule has 4 aromatic rings. The fourth-order valence-electron chi connectivity index (χ4n) is 4.82. The zero-order chi connectivity index (χ0) is 24.9. The number of fused-ring (bicyclic) bond motifs is 1. The molecule has 1 heterocycles. The Balaban J connectivity index is 1.46. The Morgan fingerprint density at radius 1 is 0.861 bits per heavy atom. The first-order valence-corrected chi connectivity index (χ1v) is 12.5. The van der Waals surface area contributed by atoms with Crippen molar-refractivity contribution in [1.29, 1.82) is 0 Å². The molecule has 0 unspecified atom stereocenters. The Morgan fingerprint density at radius 3 is 2.31 bits per heavy atom. The molecule has 4 aromatic carbocycles. The fraction of sp³-hybridized carbons (Fsp3) is 0.188. The van der Waals surface area contributed by atoms with E-state index in [4.69, 9.17) is 4.74 Å². The average molecular weight is 476 g/mol. The van der Waals surface area contributed by atoms with Gasteiger partial charge in [0.2, 0.25) is 5.91 Å². The largest absolute Gasteiger partial charge is 0.456 e. The van der Waals surface area contributed by atoms with Crippen LogP contribution in [0.4, 0.5) is 0 Å². The van der Waals surface area contributed by atoms with Gasteiger partial charge in [0, 0.05) is 35.7 Å².